The number of hydrogen-bond donors (Lipinski definition) is 1. The number of aryl methyl sites for hydroxylation is 1. The zero-order valence-electron chi connectivity index (χ0n) is 18.7. The number of aromatic nitrogens is 2. The maximum Gasteiger partial charge on any atom is 0.323 e. The molecule has 3 aromatic carbocycles. The van der Waals surface area contributed by atoms with Gasteiger partial charge in [0, 0.05) is 22.7 Å². The van der Waals surface area contributed by atoms with Crippen LogP contribution in [0.15, 0.2) is 77.8 Å². The van der Waals surface area contributed by atoms with Gasteiger partial charge < -0.3 is 9.67 Å². The number of sulfonamides is 1. The van der Waals surface area contributed by atoms with Crippen LogP contribution in [0.4, 0.5) is 0 Å². The minimum absolute atomic E-state index is 0.123. The third-order valence-electron chi connectivity index (χ3n) is 6.39. The number of carboxylic acids is 1. The fraction of sp³-hybridized carbons (Fsp3) is 0.154. The average Bonchev–Trinajstić information content (AvgIpc) is 3.45. The zero-order valence-corrected chi connectivity index (χ0v) is 20.4. The van der Waals surface area contributed by atoms with Gasteiger partial charge in [-0.1, -0.05) is 42.0 Å². The van der Waals surface area contributed by atoms with E-state index in [4.69, 9.17) is 0 Å². The molecule has 176 valence electrons. The molecule has 1 N–H and O–H groups in total. The Morgan fingerprint density at radius 2 is 1.83 bits per heavy atom. The van der Waals surface area contributed by atoms with Gasteiger partial charge in [0.1, 0.15) is 11.6 Å². The molecular weight excluding hydrogens is 482 g/mol. The van der Waals surface area contributed by atoms with Crippen molar-refractivity contribution in [3.05, 3.63) is 94.6 Å². The molecule has 0 saturated heterocycles. The highest BCUT2D eigenvalue weighted by atomic mass is 32.2. The fourth-order valence-corrected chi connectivity index (χ4v) is 7.74. The monoisotopic (exact) mass is 503 g/mol. The van der Waals surface area contributed by atoms with Crippen LogP contribution in [0, 0.1) is 6.92 Å². The van der Waals surface area contributed by atoms with Crippen LogP contribution in [-0.4, -0.2) is 33.3 Å². The van der Waals surface area contributed by atoms with Crippen LogP contribution in [0.25, 0.3) is 21.1 Å². The van der Waals surface area contributed by atoms with Gasteiger partial charge >= 0.3 is 5.97 Å². The maximum atomic E-state index is 13.8. The fourth-order valence-electron chi connectivity index (χ4n) is 4.91. The summed E-state index contributed by atoms with van der Waals surface area (Å²) in [5.74, 6) is -0.959. The Hall–Kier alpha value is -3.53. The number of nitrogens with zero attached hydrogens (tertiary/aromatic N) is 3. The van der Waals surface area contributed by atoms with Crippen LogP contribution < -0.4 is 0 Å². The van der Waals surface area contributed by atoms with E-state index in [1.165, 1.54) is 15.6 Å². The first-order valence-electron chi connectivity index (χ1n) is 11.1. The van der Waals surface area contributed by atoms with E-state index in [0.717, 1.165) is 32.2 Å². The number of benzene rings is 3. The second-order valence-corrected chi connectivity index (χ2v) is 11.7. The van der Waals surface area contributed by atoms with Crippen LogP contribution in [0.2, 0.25) is 0 Å². The molecule has 0 fully saturated rings. The lowest BCUT2D eigenvalue weighted by Gasteiger charge is -2.22. The molecule has 1 aliphatic heterocycles. The van der Waals surface area contributed by atoms with Crippen molar-refractivity contribution in [2.45, 2.75) is 31.0 Å². The molecule has 0 radical (unpaired) electrons. The van der Waals surface area contributed by atoms with Crippen molar-refractivity contribution < 1.29 is 18.3 Å². The van der Waals surface area contributed by atoms with E-state index in [0.29, 0.717) is 10.6 Å². The highest BCUT2D eigenvalue weighted by molar-refractivity contribution is 7.89. The quantitative estimate of drug-likeness (QED) is 0.367. The molecule has 5 aromatic rings. The van der Waals surface area contributed by atoms with Crippen LogP contribution in [0.1, 0.15) is 27.7 Å². The van der Waals surface area contributed by atoms with Crippen molar-refractivity contribution in [1.82, 2.24) is 13.9 Å². The number of aliphatic carboxylic acids is 1. The summed E-state index contributed by atoms with van der Waals surface area (Å²) in [6, 6.07) is 20.0. The minimum Gasteiger partial charge on any atom is -0.480 e. The molecule has 6 rings (SSSR count). The third kappa shape index (κ3) is 3.54. The van der Waals surface area contributed by atoms with Gasteiger partial charge in [-0.2, -0.15) is 4.31 Å². The van der Waals surface area contributed by atoms with Crippen LogP contribution >= 0.6 is 11.3 Å². The van der Waals surface area contributed by atoms with Gasteiger partial charge in [-0.05, 0) is 42.8 Å². The standard InChI is InChI=1S/C26H21N3O4S2/c1-16-10-11-21-18(12-16)19(13-28(21)15-25(30)31)26-17-6-2-5-9-23(17)35(32,33)29(26)14-24-27-20-7-3-4-8-22(20)34-24/h2-13,26H,14-15H2,1H3,(H,30,31). The summed E-state index contributed by atoms with van der Waals surface area (Å²) in [7, 11) is -3.80. The molecule has 1 aliphatic rings. The van der Waals surface area contributed by atoms with Crippen LogP contribution in [-0.2, 0) is 27.9 Å². The molecule has 0 aliphatic carbocycles. The van der Waals surface area contributed by atoms with E-state index >= 15 is 0 Å². The van der Waals surface area contributed by atoms with Gasteiger partial charge in [0.15, 0.2) is 0 Å². The summed E-state index contributed by atoms with van der Waals surface area (Å²) in [5, 5.41) is 11.0. The Kier molecular flexibility index (Phi) is 5.03. The third-order valence-corrected chi connectivity index (χ3v) is 9.29. The molecule has 1 atom stereocenters. The molecule has 0 spiro atoms. The van der Waals surface area contributed by atoms with Gasteiger partial charge in [0.2, 0.25) is 10.0 Å². The first-order chi connectivity index (χ1) is 16.8. The molecule has 0 bridgehead atoms. The Morgan fingerprint density at radius 3 is 2.63 bits per heavy atom. The van der Waals surface area contributed by atoms with Gasteiger partial charge in [0.25, 0.3) is 0 Å². The van der Waals surface area contributed by atoms with Crippen molar-refractivity contribution in [3.8, 4) is 0 Å². The Bertz CT molecular complexity index is 1700. The van der Waals surface area contributed by atoms with Crippen molar-refractivity contribution in [2.75, 3.05) is 0 Å². The van der Waals surface area contributed by atoms with Gasteiger partial charge in [0.05, 0.1) is 27.7 Å². The Morgan fingerprint density at radius 1 is 1.06 bits per heavy atom. The lowest BCUT2D eigenvalue weighted by molar-refractivity contribution is -0.137. The Labute approximate surface area is 205 Å². The first kappa shape index (κ1) is 22.0. The zero-order chi connectivity index (χ0) is 24.3. The van der Waals surface area contributed by atoms with E-state index in [9.17, 15) is 18.3 Å². The van der Waals surface area contributed by atoms with Crippen molar-refractivity contribution >= 4 is 48.4 Å². The lowest BCUT2D eigenvalue weighted by atomic mass is 9.97. The van der Waals surface area contributed by atoms with E-state index in [1.54, 1.807) is 22.9 Å². The van der Waals surface area contributed by atoms with E-state index < -0.39 is 22.0 Å². The number of para-hydroxylation sites is 1. The van der Waals surface area contributed by atoms with Crippen LogP contribution in [0.3, 0.4) is 0 Å². The minimum atomic E-state index is -3.80. The lowest BCUT2D eigenvalue weighted by Crippen LogP contribution is -2.28. The molecule has 2 aromatic heterocycles. The normalized spacial score (nSPS) is 17.2. The summed E-state index contributed by atoms with van der Waals surface area (Å²) in [5.41, 5.74) is 4.06. The average molecular weight is 504 g/mol. The van der Waals surface area contributed by atoms with Crippen LogP contribution in [0.5, 0.6) is 0 Å². The van der Waals surface area contributed by atoms with Gasteiger partial charge in [-0.3, -0.25) is 4.79 Å². The summed E-state index contributed by atoms with van der Waals surface area (Å²) in [4.78, 5) is 16.5. The number of carbonyl (C=O) groups is 1. The molecule has 3 heterocycles. The highest BCUT2D eigenvalue weighted by Gasteiger charge is 2.44. The first-order valence-corrected chi connectivity index (χ1v) is 13.3. The summed E-state index contributed by atoms with van der Waals surface area (Å²) >= 11 is 1.48. The summed E-state index contributed by atoms with van der Waals surface area (Å²) < 4.78 is 31.7. The van der Waals surface area contributed by atoms with Crippen molar-refractivity contribution in [1.29, 1.82) is 0 Å². The predicted molar refractivity (Wildman–Crippen MR) is 135 cm³/mol. The molecule has 0 saturated carbocycles. The van der Waals surface area contributed by atoms with Gasteiger partial charge in [-0.25, -0.2) is 13.4 Å². The van der Waals surface area contributed by atoms with E-state index in [-0.39, 0.29) is 18.0 Å². The summed E-state index contributed by atoms with van der Waals surface area (Å²) in [6.07, 6.45) is 1.78. The van der Waals surface area contributed by atoms with Gasteiger partial charge in [-0.15, -0.1) is 11.3 Å². The highest BCUT2D eigenvalue weighted by Crippen LogP contribution is 2.46. The molecule has 0 amide bonds. The number of thiazole rings is 1. The van der Waals surface area contributed by atoms with Crippen molar-refractivity contribution in [3.63, 3.8) is 0 Å². The number of hydrogen-bond acceptors (Lipinski definition) is 5. The largest absolute Gasteiger partial charge is 0.480 e. The second kappa shape index (κ2) is 8.01. The van der Waals surface area contributed by atoms with E-state index in [2.05, 4.69) is 4.98 Å². The topological polar surface area (TPSA) is 92.5 Å². The molecule has 1 unspecified atom stereocenters. The van der Waals surface area contributed by atoms with E-state index in [1.807, 2.05) is 61.5 Å². The van der Waals surface area contributed by atoms with Crippen molar-refractivity contribution in [2.24, 2.45) is 0 Å². The Balaban J connectivity index is 1.56. The maximum absolute atomic E-state index is 13.8. The number of carboxylic acid groups (broad SMARTS) is 1. The summed E-state index contributed by atoms with van der Waals surface area (Å²) in [6.45, 7) is 1.88. The molecule has 35 heavy (non-hydrogen) atoms. The molecule has 9 heteroatoms. The smallest absolute Gasteiger partial charge is 0.323 e. The number of fused-ring (bicyclic) bond motifs is 3. The SMILES string of the molecule is Cc1ccc2c(c1)c(C1c3ccccc3S(=O)(=O)N1Cc1nc3ccccc3s1)cn2CC(=O)O. The number of rotatable bonds is 5. The second-order valence-electron chi connectivity index (χ2n) is 8.69. The predicted octanol–water partition coefficient (Wildman–Crippen LogP) is 4.94. The molecular formula is C26H21N3O4S2. The molecule has 7 nitrogen and oxygen atoms in total.